The monoisotopic (exact) mass is 373 g/mol. The first kappa shape index (κ1) is 17.9. The number of aliphatic hydroxyl groups is 1. The van der Waals surface area contributed by atoms with E-state index in [9.17, 15) is 18.3 Å². The summed E-state index contributed by atoms with van der Waals surface area (Å²) in [6.45, 7) is 4.06. The highest BCUT2D eigenvalue weighted by Gasteiger charge is 2.34. The first-order chi connectivity index (χ1) is 11.8. The summed E-state index contributed by atoms with van der Waals surface area (Å²) < 4.78 is 43.2. The molecule has 1 fully saturated rings. The number of hydrogen-bond acceptors (Lipinski definition) is 7. The molecule has 0 radical (unpaired) electrons. The van der Waals surface area contributed by atoms with Crippen molar-refractivity contribution >= 4 is 22.4 Å². The van der Waals surface area contributed by atoms with Gasteiger partial charge in [-0.15, -0.1) is 0 Å². The van der Waals surface area contributed by atoms with Crippen molar-refractivity contribution in [3.8, 4) is 0 Å². The Morgan fingerprint density at radius 1 is 1.20 bits per heavy atom. The van der Waals surface area contributed by atoms with E-state index in [1.54, 1.807) is 4.90 Å². The van der Waals surface area contributed by atoms with Crippen LogP contribution in [0.15, 0.2) is 24.3 Å². The summed E-state index contributed by atoms with van der Waals surface area (Å²) in [7, 11) is 0. The zero-order valence-corrected chi connectivity index (χ0v) is 14.3. The fourth-order valence-electron chi connectivity index (χ4n) is 2.66. The summed E-state index contributed by atoms with van der Waals surface area (Å²) in [4.78, 5) is 8.07. The van der Waals surface area contributed by atoms with Gasteiger partial charge in [-0.3, -0.25) is 4.90 Å². The van der Waals surface area contributed by atoms with Crippen molar-refractivity contribution in [2.45, 2.75) is 19.5 Å². The van der Waals surface area contributed by atoms with E-state index in [0.29, 0.717) is 32.0 Å². The van der Waals surface area contributed by atoms with Crippen LogP contribution in [0.2, 0.25) is 0 Å². The maximum atomic E-state index is 13.0. The molecule has 0 aliphatic carbocycles. The van der Waals surface area contributed by atoms with Crippen molar-refractivity contribution in [1.29, 1.82) is 0 Å². The van der Waals surface area contributed by atoms with Gasteiger partial charge in [0, 0.05) is 43.4 Å². The van der Waals surface area contributed by atoms with Crippen LogP contribution in [0.1, 0.15) is 11.4 Å². The molecule has 2 N–H and O–H groups in total. The number of benzene rings is 1. The van der Waals surface area contributed by atoms with Gasteiger partial charge in [-0.05, 0) is 19.1 Å². The van der Waals surface area contributed by atoms with Crippen LogP contribution < -0.4 is 10.2 Å². The first-order valence-corrected chi connectivity index (χ1v) is 8.52. The SMILES string of the molecule is Cc1nsc(N2CCN(C(O)Nc3ccccc3C(F)(F)F)CC2)n1. The zero-order chi connectivity index (χ0) is 18.0. The van der Waals surface area contributed by atoms with Crippen LogP contribution in [-0.4, -0.2) is 51.9 Å². The number of alkyl halides is 3. The summed E-state index contributed by atoms with van der Waals surface area (Å²) in [5.41, 5.74) is -0.929. The molecule has 1 saturated heterocycles. The van der Waals surface area contributed by atoms with Gasteiger partial charge in [-0.2, -0.15) is 17.5 Å². The lowest BCUT2D eigenvalue weighted by Crippen LogP contribution is -2.52. The maximum Gasteiger partial charge on any atom is 0.418 e. The van der Waals surface area contributed by atoms with Crippen molar-refractivity contribution in [2.24, 2.45) is 0 Å². The zero-order valence-electron chi connectivity index (χ0n) is 13.5. The van der Waals surface area contributed by atoms with E-state index in [0.717, 1.165) is 11.2 Å². The average molecular weight is 373 g/mol. The molecule has 1 aromatic heterocycles. The van der Waals surface area contributed by atoms with Crippen LogP contribution in [0.4, 0.5) is 24.0 Å². The summed E-state index contributed by atoms with van der Waals surface area (Å²) in [5, 5.41) is 13.7. The van der Waals surface area contributed by atoms with Crippen LogP contribution in [0.3, 0.4) is 0 Å². The Morgan fingerprint density at radius 3 is 2.48 bits per heavy atom. The lowest BCUT2D eigenvalue weighted by Gasteiger charge is -2.37. The van der Waals surface area contributed by atoms with Crippen molar-refractivity contribution < 1.29 is 18.3 Å². The minimum absolute atomic E-state index is 0.135. The minimum Gasteiger partial charge on any atom is -0.361 e. The lowest BCUT2D eigenvalue weighted by molar-refractivity contribution is -0.137. The molecular formula is C15H18F3N5OS. The quantitative estimate of drug-likeness (QED) is 0.803. The van der Waals surface area contributed by atoms with Crippen LogP contribution in [-0.2, 0) is 6.18 Å². The number of rotatable bonds is 4. The highest BCUT2D eigenvalue weighted by molar-refractivity contribution is 7.09. The predicted octanol–water partition coefficient (Wildman–Crippen LogP) is 2.38. The Balaban J connectivity index is 1.61. The largest absolute Gasteiger partial charge is 0.418 e. The molecule has 10 heteroatoms. The van der Waals surface area contributed by atoms with E-state index in [2.05, 4.69) is 19.6 Å². The van der Waals surface area contributed by atoms with Gasteiger partial charge in [-0.25, -0.2) is 4.98 Å². The van der Waals surface area contributed by atoms with E-state index < -0.39 is 18.1 Å². The Hall–Kier alpha value is -1.91. The maximum absolute atomic E-state index is 13.0. The second-order valence-corrected chi connectivity index (χ2v) is 6.44. The molecule has 2 aromatic rings. The van der Waals surface area contributed by atoms with Crippen LogP contribution in [0, 0.1) is 6.92 Å². The van der Waals surface area contributed by atoms with Gasteiger partial charge in [0.2, 0.25) is 5.13 Å². The number of hydrogen-bond donors (Lipinski definition) is 2. The van der Waals surface area contributed by atoms with Gasteiger partial charge in [-0.1, -0.05) is 12.1 Å². The number of para-hydroxylation sites is 1. The van der Waals surface area contributed by atoms with E-state index >= 15 is 0 Å². The minimum atomic E-state index is -4.47. The number of nitrogens with one attached hydrogen (secondary N) is 1. The standard InChI is InChI=1S/C15H18F3N5OS/c1-10-19-14(25-21-10)23-8-6-22(7-9-23)13(24)20-12-5-3-2-4-11(12)15(16,17)18/h2-5,13,20,24H,6-9H2,1H3. The van der Waals surface area contributed by atoms with E-state index in [1.807, 2.05) is 6.92 Å². The number of anilines is 2. The van der Waals surface area contributed by atoms with Crippen molar-refractivity contribution in [2.75, 3.05) is 36.4 Å². The summed E-state index contributed by atoms with van der Waals surface area (Å²) in [5.74, 6) is 0.716. The summed E-state index contributed by atoms with van der Waals surface area (Å²) in [6.07, 6.45) is -5.67. The molecule has 0 bridgehead atoms. The first-order valence-electron chi connectivity index (χ1n) is 7.75. The normalized spacial score (nSPS) is 17.6. The fourth-order valence-corrected chi connectivity index (χ4v) is 3.38. The number of aliphatic hydroxyl groups excluding tert-OH is 1. The second-order valence-electron chi connectivity index (χ2n) is 5.71. The number of piperazine rings is 1. The van der Waals surface area contributed by atoms with Gasteiger partial charge in [0.25, 0.3) is 0 Å². The molecule has 136 valence electrons. The molecule has 1 aromatic carbocycles. The summed E-state index contributed by atoms with van der Waals surface area (Å²) in [6, 6.07) is 5.13. The molecule has 6 nitrogen and oxygen atoms in total. The molecule has 1 aliphatic heterocycles. The number of halogens is 3. The topological polar surface area (TPSA) is 64.5 Å². The van der Waals surface area contributed by atoms with E-state index in [4.69, 9.17) is 0 Å². The average Bonchev–Trinajstić information content (AvgIpc) is 3.01. The smallest absolute Gasteiger partial charge is 0.361 e. The molecule has 1 atom stereocenters. The molecular weight excluding hydrogens is 355 g/mol. The van der Waals surface area contributed by atoms with Crippen LogP contribution in [0.5, 0.6) is 0 Å². The fraction of sp³-hybridized carbons (Fsp3) is 0.467. The number of aromatic nitrogens is 2. The molecule has 0 saturated carbocycles. The van der Waals surface area contributed by atoms with Crippen molar-refractivity contribution in [1.82, 2.24) is 14.3 Å². The third-order valence-electron chi connectivity index (χ3n) is 3.96. The van der Waals surface area contributed by atoms with E-state index in [-0.39, 0.29) is 5.69 Å². The Morgan fingerprint density at radius 2 is 1.88 bits per heavy atom. The molecule has 3 rings (SSSR count). The van der Waals surface area contributed by atoms with Gasteiger partial charge in [0.15, 0.2) is 6.35 Å². The highest BCUT2D eigenvalue weighted by Crippen LogP contribution is 2.34. The van der Waals surface area contributed by atoms with Crippen molar-refractivity contribution in [3.63, 3.8) is 0 Å². The number of aryl methyl sites for hydroxylation is 1. The third-order valence-corrected chi connectivity index (χ3v) is 4.83. The predicted molar refractivity (Wildman–Crippen MR) is 89.5 cm³/mol. The Labute approximate surface area is 147 Å². The molecule has 0 amide bonds. The van der Waals surface area contributed by atoms with Gasteiger partial charge in [0.05, 0.1) is 5.56 Å². The molecule has 1 unspecified atom stereocenters. The third kappa shape index (κ3) is 4.20. The van der Waals surface area contributed by atoms with E-state index in [1.165, 1.54) is 29.7 Å². The van der Waals surface area contributed by atoms with Gasteiger partial charge in [0.1, 0.15) is 5.82 Å². The van der Waals surface area contributed by atoms with Gasteiger partial charge < -0.3 is 15.3 Å². The molecule has 2 heterocycles. The Kier molecular flexibility index (Phi) is 5.11. The van der Waals surface area contributed by atoms with Crippen molar-refractivity contribution in [3.05, 3.63) is 35.7 Å². The number of nitrogens with zero attached hydrogens (tertiary/aromatic N) is 4. The lowest BCUT2D eigenvalue weighted by atomic mass is 10.1. The highest BCUT2D eigenvalue weighted by atomic mass is 32.1. The second kappa shape index (κ2) is 7.14. The molecule has 25 heavy (non-hydrogen) atoms. The summed E-state index contributed by atoms with van der Waals surface area (Å²) >= 11 is 1.32. The van der Waals surface area contributed by atoms with Gasteiger partial charge >= 0.3 is 6.18 Å². The molecule has 0 spiro atoms. The van der Waals surface area contributed by atoms with Crippen LogP contribution >= 0.6 is 11.5 Å². The van der Waals surface area contributed by atoms with Crippen LogP contribution in [0.25, 0.3) is 0 Å². The Bertz CT molecular complexity index is 715. The molecule has 1 aliphatic rings.